The highest BCUT2D eigenvalue weighted by atomic mass is 79.9. The summed E-state index contributed by atoms with van der Waals surface area (Å²) in [6.07, 6.45) is -0.280. The third kappa shape index (κ3) is 2.13. The first kappa shape index (κ1) is 10.8. The van der Waals surface area contributed by atoms with Crippen LogP contribution >= 0.6 is 15.9 Å². The number of halogens is 1. The monoisotopic (exact) mass is 225 g/mol. The van der Waals surface area contributed by atoms with Gasteiger partial charge in [-0.25, -0.2) is 0 Å². The molecular formula is C6H12BrNO3. The van der Waals surface area contributed by atoms with Gasteiger partial charge in [0.15, 0.2) is 0 Å². The molecule has 0 saturated carbocycles. The maximum atomic E-state index is 10.5. The van der Waals surface area contributed by atoms with Crippen molar-refractivity contribution in [2.24, 2.45) is 0 Å². The van der Waals surface area contributed by atoms with Crippen LogP contribution in [0, 0.1) is 10.1 Å². The van der Waals surface area contributed by atoms with Gasteiger partial charge in [0.05, 0.1) is 0 Å². The van der Waals surface area contributed by atoms with E-state index in [1.165, 1.54) is 0 Å². The lowest BCUT2D eigenvalue weighted by atomic mass is 10.1. The maximum Gasteiger partial charge on any atom is 0.299 e. The molecule has 0 aliphatic rings. The summed E-state index contributed by atoms with van der Waals surface area (Å²) in [6, 6.07) is 0. The summed E-state index contributed by atoms with van der Waals surface area (Å²) in [7, 11) is 0. The molecule has 2 atom stereocenters. The van der Waals surface area contributed by atoms with Crippen LogP contribution in [0.2, 0.25) is 0 Å². The number of hydrogen-bond donors (Lipinski definition) is 1. The molecule has 0 aliphatic carbocycles. The molecule has 4 nitrogen and oxygen atoms in total. The number of aliphatic hydroxyl groups is 1. The van der Waals surface area contributed by atoms with Crippen LogP contribution in [0.15, 0.2) is 0 Å². The number of aliphatic hydroxyl groups excluding tert-OH is 1. The highest BCUT2D eigenvalue weighted by Crippen LogP contribution is 2.28. The Morgan fingerprint density at radius 1 is 1.73 bits per heavy atom. The molecule has 0 fully saturated rings. The summed E-state index contributed by atoms with van der Waals surface area (Å²) in [5.74, 6) is 0. The van der Waals surface area contributed by atoms with Gasteiger partial charge in [-0.15, -0.1) is 0 Å². The van der Waals surface area contributed by atoms with Gasteiger partial charge in [0.25, 0.3) is 4.45 Å². The van der Waals surface area contributed by atoms with Crippen LogP contribution < -0.4 is 0 Å². The van der Waals surface area contributed by atoms with Crippen molar-refractivity contribution in [3.05, 3.63) is 10.1 Å². The normalized spacial score (nSPS) is 18.9. The highest BCUT2D eigenvalue weighted by Gasteiger charge is 2.44. The van der Waals surface area contributed by atoms with E-state index in [-0.39, 0.29) is 6.42 Å². The smallest absolute Gasteiger partial charge is 0.299 e. The van der Waals surface area contributed by atoms with Gasteiger partial charge in [0.2, 0.25) is 0 Å². The van der Waals surface area contributed by atoms with Gasteiger partial charge in [-0.3, -0.25) is 10.1 Å². The Labute approximate surface area is 73.9 Å². The second-order valence-corrected chi connectivity index (χ2v) is 3.73. The van der Waals surface area contributed by atoms with Crippen LogP contribution in [-0.4, -0.2) is 20.6 Å². The van der Waals surface area contributed by atoms with Crippen LogP contribution in [0.25, 0.3) is 0 Å². The number of alkyl halides is 1. The van der Waals surface area contributed by atoms with Crippen molar-refractivity contribution >= 4 is 15.9 Å². The summed E-state index contributed by atoms with van der Waals surface area (Å²) in [5, 5.41) is 19.7. The molecule has 0 amide bonds. The van der Waals surface area contributed by atoms with E-state index in [0.717, 1.165) is 0 Å². The highest BCUT2D eigenvalue weighted by molar-refractivity contribution is 9.10. The molecule has 5 heteroatoms. The lowest BCUT2D eigenvalue weighted by Gasteiger charge is -2.21. The predicted octanol–water partition coefficient (Wildman–Crippen LogP) is 1.54. The minimum absolute atomic E-state index is 0.273. The zero-order valence-electron chi connectivity index (χ0n) is 6.58. The topological polar surface area (TPSA) is 63.4 Å². The fourth-order valence-corrected chi connectivity index (χ4v) is 1.12. The van der Waals surface area contributed by atoms with Gasteiger partial charge in [-0.1, -0.05) is 13.8 Å². The molecule has 0 bridgehead atoms. The first-order valence-electron chi connectivity index (χ1n) is 3.50. The summed E-state index contributed by atoms with van der Waals surface area (Å²) >= 11 is 2.93. The van der Waals surface area contributed by atoms with Gasteiger partial charge >= 0.3 is 0 Å². The fourth-order valence-electron chi connectivity index (χ4n) is 0.799. The SMILES string of the molecule is CCC(O)C(Br)(CC)[N+](=O)[O-]. The van der Waals surface area contributed by atoms with Crippen molar-refractivity contribution in [1.29, 1.82) is 0 Å². The molecule has 0 rings (SSSR count). The van der Waals surface area contributed by atoms with Crippen LogP contribution in [0.5, 0.6) is 0 Å². The van der Waals surface area contributed by atoms with E-state index in [0.29, 0.717) is 6.42 Å². The van der Waals surface area contributed by atoms with Crippen molar-refractivity contribution < 1.29 is 10.0 Å². The van der Waals surface area contributed by atoms with Crippen LogP contribution in [0.3, 0.4) is 0 Å². The Morgan fingerprint density at radius 3 is 2.27 bits per heavy atom. The van der Waals surface area contributed by atoms with Gasteiger partial charge < -0.3 is 5.11 Å². The molecule has 0 heterocycles. The van der Waals surface area contributed by atoms with E-state index in [9.17, 15) is 15.2 Å². The number of nitrogens with zero attached hydrogens (tertiary/aromatic N) is 1. The molecule has 0 radical (unpaired) electrons. The molecule has 0 aromatic rings. The van der Waals surface area contributed by atoms with E-state index in [1.807, 2.05) is 0 Å². The van der Waals surface area contributed by atoms with Gasteiger partial charge in [0, 0.05) is 27.3 Å². The largest absolute Gasteiger partial charge is 0.385 e. The van der Waals surface area contributed by atoms with E-state index < -0.39 is 15.5 Å². The zero-order valence-corrected chi connectivity index (χ0v) is 8.17. The molecule has 2 unspecified atom stereocenters. The Hall–Kier alpha value is -0.160. The minimum atomic E-state index is -1.36. The Balaban J connectivity index is 4.45. The van der Waals surface area contributed by atoms with Crippen LogP contribution in [0.1, 0.15) is 26.7 Å². The third-order valence-electron chi connectivity index (χ3n) is 1.70. The molecule has 1 N–H and O–H groups in total. The standard InChI is InChI=1S/C6H12BrNO3/c1-3-5(9)6(7,4-2)8(10)11/h5,9H,3-4H2,1-2H3. The van der Waals surface area contributed by atoms with E-state index in [1.54, 1.807) is 13.8 Å². The lowest BCUT2D eigenvalue weighted by molar-refractivity contribution is -0.548. The lowest BCUT2D eigenvalue weighted by Crippen LogP contribution is -2.42. The maximum absolute atomic E-state index is 10.5. The quantitative estimate of drug-likeness (QED) is 0.342. The fraction of sp³-hybridized carbons (Fsp3) is 1.00. The van der Waals surface area contributed by atoms with Crippen molar-refractivity contribution in [3.8, 4) is 0 Å². The minimum Gasteiger partial charge on any atom is -0.385 e. The molecule has 0 aliphatic heterocycles. The van der Waals surface area contributed by atoms with E-state index >= 15 is 0 Å². The van der Waals surface area contributed by atoms with Gasteiger partial charge in [-0.05, 0) is 6.42 Å². The van der Waals surface area contributed by atoms with Crippen molar-refractivity contribution in [2.45, 2.75) is 37.2 Å². The van der Waals surface area contributed by atoms with Gasteiger partial charge in [0.1, 0.15) is 6.10 Å². The average Bonchev–Trinajstić information content (AvgIpc) is 2.01. The Morgan fingerprint density at radius 2 is 2.18 bits per heavy atom. The summed E-state index contributed by atoms with van der Waals surface area (Å²) in [6.45, 7) is 3.37. The molecule has 66 valence electrons. The van der Waals surface area contributed by atoms with Crippen molar-refractivity contribution in [1.82, 2.24) is 0 Å². The average molecular weight is 226 g/mol. The number of rotatable bonds is 4. The van der Waals surface area contributed by atoms with Gasteiger partial charge in [-0.2, -0.15) is 0 Å². The second kappa shape index (κ2) is 4.01. The number of nitro groups is 1. The molecule has 0 saturated heterocycles. The van der Waals surface area contributed by atoms with Crippen molar-refractivity contribution in [3.63, 3.8) is 0 Å². The summed E-state index contributed by atoms with van der Waals surface area (Å²) in [5.41, 5.74) is 0. The molecule has 0 aromatic carbocycles. The predicted molar refractivity (Wildman–Crippen MR) is 45.2 cm³/mol. The first-order valence-corrected chi connectivity index (χ1v) is 4.29. The second-order valence-electron chi connectivity index (χ2n) is 2.35. The molecular weight excluding hydrogens is 214 g/mol. The van der Waals surface area contributed by atoms with E-state index in [2.05, 4.69) is 15.9 Å². The van der Waals surface area contributed by atoms with E-state index in [4.69, 9.17) is 0 Å². The summed E-state index contributed by atoms with van der Waals surface area (Å²) < 4.78 is -1.36. The first-order chi connectivity index (χ1) is 4.99. The molecule has 0 aromatic heterocycles. The number of hydrogen-bond acceptors (Lipinski definition) is 3. The molecule has 11 heavy (non-hydrogen) atoms. The Kier molecular flexibility index (Phi) is 3.96. The van der Waals surface area contributed by atoms with Crippen molar-refractivity contribution in [2.75, 3.05) is 0 Å². The third-order valence-corrected chi connectivity index (χ3v) is 3.08. The molecule has 0 spiro atoms. The Bertz CT molecular complexity index is 153. The van der Waals surface area contributed by atoms with Crippen LogP contribution in [0.4, 0.5) is 0 Å². The van der Waals surface area contributed by atoms with Crippen LogP contribution in [-0.2, 0) is 0 Å². The zero-order chi connectivity index (χ0) is 9.07. The summed E-state index contributed by atoms with van der Waals surface area (Å²) in [4.78, 5) is 9.97.